The Labute approximate surface area is 136 Å². The first-order chi connectivity index (χ1) is 9.29. The average Bonchev–Trinajstić information content (AvgIpc) is 2.91. The van der Waals surface area contributed by atoms with Crippen molar-refractivity contribution in [3.63, 3.8) is 0 Å². The van der Waals surface area contributed by atoms with Crippen molar-refractivity contribution in [2.24, 2.45) is 4.99 Å². The molecule has 1 aliphatic carbocycles. The van der Waals surface area contributed by atoms with Crippen molar-refractivity contribution in [1.29, 1.82) is 0 Å². The highest BCUT2D eigenvalue weighted by Crippen LogP contribution is 2.09. The van der Waals surface area contributed by atoms with E-state index in [1.807, 2.05) is 6.92 Å². The third-order valence-electron chi connectivity index (χ3n) is 2.91. The number of halogens is 2. The molecule has 1 aliphatic rings. The fourth-order valence-corrected chi connectivity index (χ4v) is 1.94. The van der Waals surface area contributed by atoms with Crippen LogP contribution in [0.3, 0.4) is 0 Å². The van der Waals surface area contributed by atoms with Crippen LogP contribution in [0.5, 0.6) is 0 Å². The Balaban J connectivity index is 0.00000200. The van der Waals surface area contributed by atoms with E-state index in [2.05, 4.69) is 32.8 Å². The molecule has 0 radical (unpaired) electrons. The lowest BCUT2D eigenvalue weighted by atomic mass is 10.2. The standard InChI is InChI=1S/C14H19FN4.HI/c1-2-16-14(19-11-6-3-4-7-11)18-10-13-12(15)8-5-9-17-13;/h3-5,8-9,11H,2,6-7,10H2,1H3,(H2,16,18,19);1H. The zero-order chi connectivity index (χ0) is 13.5. The Morgan fingerprint density at radius 1 is 1.45 bits per heavy atom. The first-order valence-electron chi connectivity index (χ1n) is 6.59. The fourth-order valence-electron chi connectivity index (χ4n) is 1.94. The minimum Gasteiger partial charge on any atom is -0.357 e. The van der Waals surface area contributed by atoms with E-state index in [4.69, 9.17) is 0 Å². The number of aliphatic imine (C=N–C) groups is 1. The largest absolute Gasteiger partial charge is 0.357 e. The lowest BCUT2D eigenvalue weighted by molar-refractivity contribution is 0.597. The van der Waals surface area contributed by atoms with Crippen molar-refractivity contribution in [3.05, 3.63) is 42.0 Å². The molecule has 0 spiro atoms. The summed E-state index contributed by atoms with van der Waals surface area (Å²) in [6, 6.07) is 3.36. The van der Waals surface area contributed by atoms with Crippen LogP contribution in [0.25, 0.3) is 0 Å². The number of pyridine rings is 1. The highest BCUT2D eigenvalue weighted by molar-refractivity contribution is 14.0. The first kappa shape index (κ1) is 16.9. The number of hydrogen-bond donors (Lipinski definition) is 2. The van der Waals surface area contributed by atoms with Gasteiger partial charge in [0.1, 0.15) is 5.82 Å². The Hall–Kier alpha value is -1.18. The van der Waals surface area contributed by atoms with Gasteiger partial charge >= 0.3 is 0 Å². The number of nitrogens with zero attached hydrogens (tertiary/aromatic N) is 2. The number of aromatic nitrogens is 1. The topological polar surface area (TPSA) is 49.3 Å². The van der Waals surface area contributed by atoms with Crippen LogP contribution in [0, 0.1) is 5.82 Å². The molecule has 110 valence electrons. The molecular formula is C14H20FIN4. The van der Waals surface area contributed by atoms with Crippen LogP contribution in [-0.2, 0) is 6.54 Å². The molecule has 0 atom stereocenters. The Morgan fingerprint density at radius 2 is 2.20 bits per heavy atom. The first-order valence-corrected chi connectivity index (χ1v) is 6.59. The van der Waals surface area contributed by atoms with Gasteiger partial charge in [-0.25, -0.2) is 9.38 Å². The van der Waals surface area contributed by atoms with Crippen LogP contribution in [-0.4, -0.2) is 23.5 Å². The van der Waals surface area contributed by atoms with Gasteiger partial charge < -0.3 is 10.6 Å². The molecule has 1 heterocycles. The molecule has 0 bridgehead atoms. The van der Waals surface area contributed by atoms with Gasteiger partial charge in [0.25, 0.3) is 0 Å². The highest BCUT2D eigenvalue weighted by atomic mass is 127. The zero-order valence-corrected chi connectivity index (χ0v) is 13.8. The van der Waals surface area contributed by atoms with Gasteiger partial charge in [0.15, 0.2) is 5.96 Å². The van der Waals surface area contributed by atoms with E-state index in [-0.39, 0.29) is 36.3 Å². The summed E-state index contributed by atoms with van der Waals surface area (Å²) in [5, 5.41) is 6.49. The van der Waals surface area contributed by atoms with Gasteiger partial charge in [0, 0.05) is 18.8 Å². The maximum absolute atomic E-state index is 13.4. The zero-order valence-electron chi connectivity index (χ0n) is 11.5. The minimum atomic E-state index is -0.315. The fraction of sp³-hybridized carbons (Fsp3) is 0.429. The van der Waals surface area contributed by atoms with Crippen molar-refractivity contribution in [2.45, 2.75) is 32.4 Å². The molecule has 0 saturated carbocycles. The second-order valence-corrected chi connectivity index (χ2v) is 4.41. The number of guanidine groups is 1. The molecule has 0 amide bonds. The van der Waals surface area contributed by atoms with Gasteiger partial charge in [0.2, 0.25) is 0 Å². The molecule has 4 nitrogen and oxygen atoms in total. The molecule has 0 aliphatic heterocycles. The highest BCUT2D eigenvalue weighted by Gasteiger charge is 2.11. The molecule has 0 aromatic carbocycles. The summed E-state index contributed by atoms with van der Waals surface area (Å²) >= 11 is 0. The third kappa shape index (κ3) is 5.07. The van der Waals surface area contributed by atoms with Gasteiger partial charge in [-0.1, -0.05) is 12.2 Å². The van der Waals surface area contributed by atoms with Crippen LogP contribution < -0.4 is 10.6 Å². The Bertz CT molecular complexity index is 468. The van der Waals surface area contributed by atoms with E-state index in [0.717, 1.165) is 19.4 Å². The van der Waals surface area contributed by atoms with Gasteiger partial charge in [-0.2, -0.15) is 0 Å². The SMILES string of the molecule is CCNC(=NCc1ncccc1F)NC1CC=CC1.I. The number of rotatable bonds is 4. The van der Waals surface area contributed by atoms with Crippen LogP contribution >= 0.6 is 24.0 Å². The number of hydrogen-bond acceptors (Lipinski definition) is 2. The summed E-state index contributed by atoms with van der Waals surface area (Å²) in [5.41, 5.74) is 0.365. The van der Waals surface area contributed by atoms with E-state index in [1.54, 1.807) is 12.3 Å². The van der Waals surface area contributed by atoms with Crippen molar-refractivity contribution >= 4 is 29.9 Å². The number of nitrogens with one attached hydrogen (secondary N) is 2. The third-order valence-corrected chi connectivity index (χ3v) is 2.91. The second-order valence-electron chi connectivity index (χ2n) is 4.41. The molecule has 20 heavy (non-hydrogen) atoms. The summed E-state index contributed by atoms with van der Waals surface area (Å²) in [7, 11) is 0. The normalized spacial score (nSPS) is 15.0. The van der Waals surface area contributed by atoms with Crippen molar-refractivity contribution in [3.8, 4) is 0 Å². The molecule has 1 aromatic rings. The summed E-state index contributed by atoms with van der Waals surface area (Å²) in [6.45, 7) is 3.02. The van der Waals surface area contributed by atoms with Crippen molar-refractivity contribution in [1.82, 2.24) is 15.6 Å². The van der Waals surface area contributed by atoms with Crippen LogP contribution in [0.1, 0.15) is 25.5 Å². The van der Waals surface area contributed by atoms with E-state index < -0.39 is 0 Å². The molecule has 6 heteroatoms. The summed E-state index contributed by atoms with van der Waals surface area (Å²) < 4.78 is 13.4. The molecule has 2 rings (SSSR count). The molecule has 2 N–H and O–H groups in total. The smallest absolute Gasteiger partial charge is 0.191 e. The maximum Gasteiger partial charge on any atom is 0.191 e. The Morgan fingerprint density at radius 3 is 2.85 bits per heavy atom. The molecule has 0 fully saturated rings. The van der Waals surface area contributed by atoms with E-state index >= 15 is 0 Å². The molecule has 0 unspecified atom stereocenters. The summed E-state index contributed by atoms with van der Waals surface area (Å²) in [4.78, 5) is 8.36. The van der Waals surface area contributed by atoms with Crippen molar-refractivity contribution in [2.75, 3.05) is 6.54 Å². The van der Waals surface area contributed by atoms with Crippen molar-refractivity contribution < 1.29 is 4.39 Å². The Kier molecular flexibility index (Phi) is 7.50. The molecule has 0 saturated heterocycles. The van der Waals surface area contributed by atoms with Crippen LogP contribution in [0.15, 0.2) is 35.5 Å². The van der Waals surface area contributed by atoms with Gasteiger partial charge in [-0.3, -0.25) is 4.98 Å². The predicted octanol–water partition coefficient (Wildman–Crippen LogP) is 2.61. The lowest BCUT2D eigenvalue weighted by Crippen LogP contribution is -2.42. The van der Waals surface area contributed by atoms with E-state index in [1.165, 1.54) is 6.07 Å². The predicted molar refractivity (Wildman–Crippen MR) is 89.7 cm³/mol. The van der Waals surface area contributed by atoms with Gasteiger partial charge in [0.05, 0.1) is 12.2 Å². The van der Waals surface area contributed by atoms with E-state index in [9.17, 15) is 4.39 Å². The van der Waals surface area contributed by atoms with Crippen LogP contribution in [0.4, 0.5) is 4.39 Å². The lowest BCUT2D eigenvalue weighted by Gasteiger charge is -2.16. The minimum absolute atomic E-state index is 0. The van der Waals surface area contributed by atoms with Crippen LogP contribution in [0.2, 0.25) is 0 Å². The van der Waals surface area contributed by atoms with E-state index in [0.29, 0.717) is 17.7 Å². The van der Waals surface area contributed by atoms with Gasteiger partial charge in [-0.05, 0) is 31.9 Å². The summed E-state index contributed by atoms with van der Waals surface area (Å²) in [5.74, 6) is 0.394. The maximum atomic E-state index is 13.4. The summed E-state index contributed by atoms with van der Waals surface area (Å²) in [6.07, 6.45) is 7.89. The quantitative estimate of drug-likeness (QED) is 0.360. The van der Waals surface area contributed by atoms with Gasteiger partial charge in [-0.15, -0.1) is 24.0 Å². The monoisotopic (exact) mass is 390 g/mol. The second kappa shape index (κ2) is 8.89. The molecular weight excluding hydrogens is 370 g/mol. The molecule has 1 aromatic heterocycles. The average molecular weight is 390 g/mol.